The molecule has 1 fully saturated rings. The summed E-state index contributed by atoms with van der Waals surface area (Å²) in [6.45, 7) is 7.62. The molecule has 0 radical (unpaired) electrons. The zero-order valence-electron chi connectivity index (χ0n) is 18.8. The summed E-state index contributed by atoms with van der Waals surface area (Å²) in [7, 11) is -2.97. The maximum Gasteiger partial charge on any atom is 0.204 e. The van der Waals surface area contributed by atoms with Gasteiger partial charge in [0.05, 0.1) is 23.9 Å². The summed E-state index contributed by atoms with van der Waals surface area (Å²) in [6.07, 6.45) is 0.659. The molecule has 0 unspecified atom stereocenters. The molecule has 1 aliphatic heterocycles. The van der Waals surface area contributed by atoms with Gasteiger partial charge in [0.2, 0.25) is 4.77 Å². The van der Waals surface area contributed by atoms with Crippen molar-refractivity contribution in [3.8, 4) is 17.1 Å². The molecule has 170 valence electrons. The third kappa shape index (κ3) is 5.03. The normalized spacial score (nSPS) is 18.0. The van der Waals surface area contributed by atoms with E-state index in [9.17, 15) is 8.42 Å². The number of hydrogen-bond donors (Lipinski definition) is 0. The van der Waals surface area contributed by atoms with Gasteiger partial charge in [-0.25, -0.2) is 13.1 Å². The van der Waals surface area contributed by atoms with Crippen LogP contribution in [0.1, 0.15) is 25.8 Å². The highest BCUT2D eigenvalue weighted by atomic mass is 32.2. The Morgan fingerprint density at radius 2 is 1.91 bits per heavy atom. The molecular formula is C24H30N4O2S2. The third-order valence-electron chi connectivity index (χ3n) is 5.77. The summed E-state index contributed by atoms with van der Waals surface area (Å²) in [5.41, 5.74) is 3.10. The second-order valence-electron chi connectivity index (χ2n) is 9.01. The van der Waals surface area contributed by atoms with E-state index in [0.29, 0.717) is 23.8 Å². The van der Waals surface area contributed by atoms with Crippen LogP contribution in [0.25, 0.3) is 17.1 Å². The lowest BCUT2D eigenvalue weighted by Crippen LogP contribution is -2.40. The summed E-state index contributed by atoms with van der Waals surface area (Å²) in [5, 5.41) is 4.93. The Labute approximate surface area is 195 Å². The summed E-state index contributed by atoms with van der Waals surface area (Å²) < 4.78 is 28.7. The molecule has 0 bridgehead atoms. The molecule has 1 aliphatic rings. The van der Waals surface area contributed by atoms with Gasteiger partial charge in [0.15, 0.2) is 15.7 Å². The van der Waals surface area contributed by atoms with E-state index in [1.807, 2.05) is 51.7 Å². The molecule has 1 aromatic heterocycles. The number of aryl methyl sites for hydroxylation is 1. The molecule has 8 heteroatoms. The van der Waals surface area contributed by atoms with E-state index in [-0.39, 0.29) is 17.5 Å². The van der Waals surface area contributed by atoms with Gasteiger partial charge < -0.3 is 0 Å². The first-order valence-electron chi connectivity index (χ1n) is 11.0. The van der Waals surface area contributed by atoms with Crippen molar-refractivity contribution in [2.75, 3.05) is 18.1 Å². The fraction of sp³-hybridized carbons (Fsp3) is 0.417. The van der Waals surface area contributed by atoms with Crippen molar-refractivity contribution in [3.05, 3.63) is 64.9 Å². The molecule has 1 atom stereocenters. The maximum atomic E-state index is 12.1. The second-order valence-corrected chi connectivity index (χ2v) is 11.6. The Bertz CT molecular complexity index is 1250. The third-order valence-corrected chi connectivity index (χ3v) is 7.91. The quantitative estimate of drug-likeness (QED) is 0.477. The summed E-state index contributed by atoms with van der Waals surface area (Å²) >= 11 is 5.91. The van der Waals surface area contributed by atoms with Crippen LogP contribution in [0, 0.1) is 17.6 Å². The second kappa shape index (κ2) is 9.29. The first-order chi connectivity index (χ1) is 15.2. The van der Waals surface area contributed by atoms with Crippen LogP contribution in [0.4, 0.5) is 0 Å². The van der Waals surface area contributed by atoms with Gasteiger partial charge in [-0.15, -0.1) is 5.10 Å². The monoisotopic (exact) mass is 470 g/mol. The van der Waals surface area contributed by atoms with Crippen LogP contribution in [0.5, 0.6) is 0 Å². The first-order valence-corrected chi connectivity index (χ1v) is 13.2. The molecule has 32 heavy (non-hydrogen) atoms. The number of benzene rings is 2. The van der Waals surface area contributed by atoms with Crippen LogP contribution in [0.15, 0.2) is 54.6 Å². The average Bonchev–Trinajstić information content (AvgIpc) is 3.27. The van der Waals surface area contributed by atoms with Crippen LogP contribution in [0.2, 0.25) is 0 Å². The lowest BCUT2D eigenvalue weighted by Gasteiger charge is -2.29. The van der Waals surface area contributed by atoms with E-state index in [1.54, 1.807) is 0 Å². The van der Waals surface area contributed by atoms with Crippen molar-refractivity contribution in [1.82, 2.24) is 19.2 Å². The van der Waals surface area contributed by atoms with E-state index in [0.717, 1.165) is 29.2 Å². The number of sulfone groups is 1. The Morgan fingerprint density at radius 1 is 1.16 bits per heavy atom. The van der Waals surface area contributed by atoms with E-state index in [4.69, 9.17) is 17.3 Å². The molecular weight excluding hydrogens is 440 g/mol. The van der Waals surface area contributed by atoms with Gasteiger partial charge in [0, 0.05) is 18.2 Å². The standard InChI is InChI=1S/C24H30N4O2S2/c1-18(2)15-26(22-12-13-32(29,30)16-22)17-27-24(31)28(21-11-7-8-19(3)14-21)23(25-27)20-9-5-4-6-10-20/h4-11,14,18,22H,12-13,15-17H2,1-3H3/t22-/m1/s1. The van der Waals surface area contributed by atoms with E-state index < -0.39 is 9.84 Å². The zero-order valence-corrected chi connectivity index (χ0v) is 20.4. The van der Waals surface area contributed by atoms with Crippen molar-refractivity contribution in [2.24, 2.45) is 5.92 Å². The smallest absolute Gasteiger partial charge is 0.204 e. The molecule has 0 aliphatic carbocycles. The van der Waals surface area contributed by atoms with Gasteiger partial charge in [-0.2, -0.15) is 0 Å². The molecule has 2 heterocycles. The Balaban J connectivity index is 1.78. The van der Waals surface area contributed by atoms with Crippen LogP contribution in [0.3, 0.4) is 0 Å². The van der Waals surface area contributed by atoms with E-state index in [1.165, 1.54) is 0 Å². The maximum absolute atomic E-state index is 12.1. The highest BCUT2D eigenvalue weighted by Crippen LogP contribution is 2.25. The SMILES string of the molecule is Cc1cccc(-n2c(-c3ccccc3)nn(CN(CC(C)C)[C@@H]3CCS(=O)(=O)C3)c2=S)c1. The fourth-order valence-corrected chi connectivity index (χ4v) is 6.35. The van der Waals surface area contributed by atoms with Crippen molar-refractivity contribution in [3.63, 3.8) is 0 Å². The minimum absolute atomic E-state index is 0.00593. The van der Waals surface area contributed by atoms with Crippen LogP contribution in [-0.4, -0.2) is 51.8 Å². The van der Waals surface area contributed by atoms with Crippen molar-refractivity contribution < 1.29 is 8.42 Å². The predicted octanol–water partition coefficient (Wildman–Crippen LogP) is 4.48. The van der Waals surface area contributed by atoms with Crippen molar-refractivity contribution in [1.29, 1.82) is 0 Å². The number of nitrogens with zero attached hydrogens (tertiary/aromatic N) is 4. The molecule has 0 spiro atoms. The molecule has 4 rings (SSSR count). The molecule has 6 nitrogen and oxygen atoms in total. The molecule has 0 amide bonds. The van der Waals surface area contributed by atoms with Crippen LogP contribution >= 0.6 is 12.2 Å². The minimum atomic E-state index is -2.97. The molecule has 3 aromatic rings. The van der Waals surface area contributed by atoms with Crippen molar-refractivity contribution in [2.45, 2.75) is 39.9 Å². The van der Waals surface area contributed by atoms with Gasteiger partial charge in [0.25, 0.3) is 0 Å². The number of hydrogen-bond acceptors (Lipinski definition) is 5. The highest BCUT2D eigenvalue weighted by Gasteiger charge is 2.33. The molecule has 0 N–H and O–H groups in total. The lowest BCUT2D eigenvalue weighted by atomic mass is 10.1. The summed E-state index contributed by atoms with van der Waals surface area (Å²) in [6, 6.07) is 18.2. The topological polar surface area (TPSA) is 60.1 Å². The first kappa shape index (κ1) is 22.9. The van der Waals surface area contributed by atoms with Gasteiger partial charge in [-0.3, -0.25) is 9.47 Å². The summed E-state index contributed by atoms with van der Waals surface area (Å²) in [5.74, 6) is 1.65. The van der Waals surface area contributed by atoms with Gasteiger partial charge in [0.1, 0.15) is 0 Å². The Kier molecular flexibility index (Phi) is 6.65. The number of aromatic nitrogens is 3. The van der Waals surface area contributed by atoms with Gasteiger partial charge in [-0.05, 0) is 49.2 Å². The minimum Gasteiger partial charge on any atom is -0.280 e. The molecule has 0 saturated carbocycles. The lowest BCUT2D eigenvalue weighted by molar-refractivity contribution is 0.137. The van der Waals surface area contributed by atoms with Gasteiger partial charge >= 0.3 is 0 Å². The fourth-order valence-electron chi connectivity index (χ4n) is 4.30. The average molecular weight is 471 g/mol. The summed E-state index contributed by atoms with van der Waals surface area (Å²) in [4.78, 5) is 2.23. The van der Waals surface area contributed by atoms with E-state index >= 15 is 0 Å². The van der Waals surface area contributed by atoms with Crippen LogP contribution < -0.4 is 0 Å². The van der Waals surface area contributed by atoms with Crippen LogP contribution in [-0.2, 0) is 16.5 Å². The molecule has 2 aromatic carbocycles. The van der Waals surface area contributed by atoms with Crippen molar-refractivity contribution >= 4 is 22.1 Å². The Hall–Kier alpha value is -2.29. The molecule has 1 saturated heterocycles. The predicted molar refractivity (Wildman–Crippen MR) is 131 cm³/mol. The highest BCUT2D eigenvalue weighted by molar-refractivity contribution is 7.91. The zero-order chi connectivity index (χ0) is 22.9. The van der Waals surface area contributed by atoms with E-state index in [2.05, 4.69) is 37.8 Å². The van der Waals surface area contributed by atoms with Gasteiger partial charge in [-0.1, -0.05) is 56.3 Å². The number of rotatable bonds is 7. The largest absolute Gasteiger partial charge is 0.280 e. The Morgan fingerprint density at radius 3 is 2.53 bits per heavy atom.